The average Bonchev–Trinajstić information content (AvgIpc) is 3.17. The summed E-state index contributed by atoms with van der Waals surface area (Å²) in [6, 6.07) is 8.58. The number of hydrogen-bond acceptors (Lipinski definition) is 5. The zero-order valence-corrected chi connectivity index (χ0v) is 17.9. The molecule has 0 unspecified atom stereocenters. The molecule has 2 saturated heterocycles. The van der Waals surface area contributed by atoms with E-state index in [1.165, 1.54) is 5.56 Å². The van der Waals surface area contributed by atoms with Crippen LogP contribution in [-0.2, 0) is 4.74 Å². The second kappa shape index (κ2) is 9.20. The van der Waals surface area contributed by atoms with Crippen LogP contribution in [0.3, 0.4) is 0 Å². The van der Waals surface area contributed by atoms with E-state index in [-0.39, 0.29) is 18.3 Å². The van der Waals surface area contributed by atoms with Gasteiger partial charge in [0.2, 0.25) is 0 Å². The SMILES string of the molecule is CC(C)N1CCC(Oc2cc3cc(C(=O)CC#N)[nH]c3cc2C2CCOCC2)CC1. The summed E-state index contributed by atoms with van der Waals surface area (Å²) >= 11 is 0. The lowest BCUT2D eigenvalue weighted by atomic mass is 9.90. The third-order valence-corrected chi connectivity index (χ3v) is 6.45. The Morgan fingerprint density at radius 2 is 1.97 bits per heavy atom. The minimum atomic E-state index is -0.176. The number of nitriles is 1. The second-order valence-electron chi connectivity index (χ2n) is 8.75. The van der Waals surface area contributed by atoms with E-state index in [0.29, 0.717) is 17.7 Å². The topological polar surface area (TPSA) is 78.4 Å². The Kier molecular flexibility index (Phi) is 6.40. The maximum absolute atomic E-state index is 12.2. The van der Waals surface area contributed by atoms with Gasteiger partial charge < -0.3 is 19.4 Å². The van der Waals surface area contributed by atoms with Crippen molar-refractivity contribution in [2.24, 2.45) is 0 Å². The van der Waals surface area contributed by atoms with Gasteiger partial charge >= 0.3 is 0 Å². The molecule has 6 nitrogen and oxygen atoms in total. The number of likely N-dealkylation sites (tertiary alicyclic amines) is 1. The van der Waals surface area contributed by atoms with Gasteiger partial charge in [-0.05, 0) is 69.2 Å². The monoisotopic (exact) mass is 409 g/mol. The summed E-state index contributed by atoms with van der Waals surface area (Å²) in [5.74, 6) is 1.16. The van der Waals surface area contributed by atoms with Crippen molar-refractivity contribution >= 4 is 16.7 Å². The minimum absolute atomic E-state index is 0.114. The highest BCUT2D eigenvalue weighted by atomic mass is 16.5. The van der Waals surface area contributed by atoms with Gasteiger partial charge in [0.15, 0.2) is 5.78 Å². The third-order valence-electron chi connectivity index (χ3n) is 6.45. The van der Waals surface area contributed by atoms with Crippen LogP contribution in [0.25, 0.3) is 10.9 Å². The van der Waals surface area contributed by atoms with Crippen molar-refractivity contribution in [1.82, 2.24) is 9.88 Å². The summed E-state index contributed by atoms with van der Waals surface area (Å²) < 4.78 is 12.1. The number of H-pyrrole nitrogens is 1. The number of ether oxygens (including phenoxy) is 2. The Labute approximate surface area is 178 Å². The van der Waals surface area contributed by atoms with Gasteiger partial charge in [-0.1, -0.05) is 0 Å². The van der Waals surface area contributed by atoms with Gasteiger partial charge in [0.05, 0.1) is 11.8 Å². The van der Waals surface area contributed by atoms with Crippen LogP contribution in [0.1, 0.15) is 67.9 Å². The molecular weight excluding hydrogens is 378 g/mol. The molecule has 0 spiro atoms. The van der Waals surface area contributed by atoms with Crippen molar-refractivity contribution in [3.8, 4) is 11.8 Å². The number of aromatic amines is 1. The first kappa shape index (κ1) is 20.9. The Balaban J connectivity index is 1.62. The Morgan fingerprint density at radius 3 is 2.63 bits per heavy atom. The van der Waals surface area contributed by atoms with Crippen molar-refractivity contribution < 1.29 is 14.3 Å². The van der Waals surface area contributed by atoms with Crippen molar-refractivity contribution in [3.63, 3.8) is 0 Å². The smallest absolute Gasteiger partial charge is 0.193 e. The first-order chi connectivity index (χ1) is 14.5. The summed E-state index contributed by atoms with van der Waals surface area (Å²) in [6.45, 7) is 8.16. The molecule has 1 N–H and O–H groups in total. The molecule has 4 rings (SSSR count). The molecule has 0 bridgehead atoms. The van der Waals surface area contributed by atoms with Crippen LogP contribution in [0.15, 0.2) is 18.2 Å². The van der Waals surface area contributed by atoms with Crippen LogP contribution in [0, 0.1) is 11.3 Å². The average molecular weight is 410 g/mol. The van der Waals surface area contributed by atoms with Crippen molar-refractivity contribution in [2.75, 3.05) is 26.3 Å². The number of aromatic nitrogens is 1. The molecule has 0 aliphatic carbocycles. The first-order valence-electron chi connectivity index (χ1n) is 11.1. The van der Waals surface area contributed by atoms with Gasteiger partial charge in [-0.2, -0.15) is 5.26 Å². The number of fused-ring (bicyclic) bond motifs is 1. The first-order valence-corrected chi connectivity index (χ1v) is 11.1. The fourth-order valence-electron chi connectivity index (χ4n) is 4.61. The van der Waals surface area contributed by atoms with Crippen molar-refractivity contribution in [2.45, 2.75) is 64.0 Å². The Hall–Kier alpha value is -2.36. The molecule has 1 aromatic heterocycles. The molecule has 6 heteroatoms. The van der Waals surface area contributed by atoms with E-state index in [4.69, 9.17) is 14.7 Å². The van der Waals surface area contributed by atoms with Crippen LogP contribution >= 0.6 is 0 Å². The molecule has 160 valence electrons. The van der Waals surface area contributed by atoms with E-state index in [2.05, 4.69) is 35.9 Å². The number of Topliss-reactive ketones (excluding diaryl/α,β-unsaturated/α-hetero) is 1. The molecule has 0 radical (unpaired) electrons. The maximum atomic E-state index is 12.2. The fourth-order valence-corrected chi connectivity index (χ4v) is 4.61. The number of nitrogens with one attached hydrogen (secondary N) is 1. The van der Waals surface area contributed by atoms with Gasteiger partial charge in [-0.25, -0.2) is 0 Å². The van der Waals surface area contributed by atoms with Crippen molar-refractivity contribution in [3.05, 3.63) is 29.5 Å². The number of ketones is 1. The summed E-state index contributed by atoms with van der Waals surface area (Å²) in [6.07, 6.45) is 4.13. The largest absolute Gasteiger partial charge is 0.490 e. The van der Waals surface area contributed by atoms with E-state index >= 15 is 0 Å². The Bertz CT molecular complexity index is 929. The lowest BCUT2D eigenvalue weighted by Gasteiger charge is -2.35. The lowest BCUT2D eigenvalue weighted by molar-refractivity contribution is 0.0760. The zero-order chi connectivity index (χ0) is 21.1. The van der Waals surface area contributed by atoms with E-state index in [9.17, 15) is 4.79 Å². The number of nitrogens with zero attached hydrogens (tertiary/aromatic N) is 2. The maximum Gasteiger partial charge on any atom is 0.193 e. The van der Waals surface area contributed by atoms with Crippen LogP contribution in [0.4, 0.5) is 0 Å². The van der Waals surface area contributed by atoms with E-state index in [0.717, 1.165) is 68.6 Å². The predicted molar refractivity (Wildman–Crippen MR) is 116 cm³/mol. The number of piperidine rings is 1. The quantitative estimate of drug-likeness (QED) is 0.715. The molecule has 1 aromatic carbocycles. The van der Waals surface area contributed by atoms with E-state index in [1.807, 2.05) is 12.1 Å². The van der Waals surface area contributed by atoms with Crippen LogP contribution < -0.4 is 4.74 Å². The molecular formula is C24H31N3O3. The standard InChI is InChI=1S/C24H31N3O3/c1-16(2)27-9-4-19(5-10-27)30-24-14-18-13-22(23(28)3-8-25)26-21(18)15-20(24)17-6-11-29-12-7-17/h13-17,19,26H,3-7,9-12H2,1-2H3. The van der Waals surface area contributed by atoms with Crippen LogP contribution in [0.2, 0.25) is 0 Å². The molecule has 3 heterocycles. The van der Waals surface area contributed by atoms with Gasteiger partial charge in [-0.3, -0.25) is 4.79 Å². The molecule has 0 saturated carbocycles. The third kappa shape index (κ3) is 4.53. The highest BCUT2D eigenvalue weighted by Crippen LogP contribution is 2.38. The molecule has 2 fully saturated rings. The van der Waals surface area contributed by atoms with Crippen LogP contribution in [-0.4, -0.2) is 54.1 Å². The number of hydrogen-bond donors (Lipinski definition) is 1. The Morgan fingerprint density at radius 1 is 1.23 bits per heavy atom. The minimum Gasteiger partial charge on any atom is -0.490 e. The van der Waals surface area contributed by atoms with Gasteiger partial charge in [0.1, 0.15) is 18.3 Å². The van der Waals surface area contributed by atoms with Gasteiger partial charge in [0.25, 0.3) is 0 Å². The molecule has 2 aliphatic rings. The van der Waals surface area contributed by atoms with Gasteiger partial charge in [0, 0.05) is 43.2 Å². The van der Waals surface area contributed by atoms with Crippen LogP contribution in [0.5, 0.6) is 5.75 Å². The summed E-state index contributed by atoms with van der Waals surface area (Å²) in [5, 5.41) is 9.81. The lowest BCUT2D eigenvalue weighted by Crippen LogP contribution is -2.41. The number of carbonyl (C=O) groups is 1. The van der Waals surface area contributed by atoms with Crippen molar-refractivity contribution in [1.29, 1.82) is 5.26 Å². The highest BCUT2D eigenvalue weighted by Gasteiger charge is 2.26. The molecule has 0 amide bonds. The molecule has 2 aromatic rings. The van der Waals surface area contributed by atoms with E-state index < -0.39 is 0 Å². The molecule has 0 atom stereocenters. The molecule has 2 aliphatic heterocycles. The number of rotatable bonds is 6. The number of carbonyl (C=O) groups excluding carboxylic acids is 1. The summed E-state index contributed by atoms with van der Waals surface area (Å²) in [5.41, 5.74) is 2.63. The van der Waals surface area contributed by atoms with E-state index in [1.54, 1.807) is 0 Å². The summed E-state index contributed by atoms with van der Waals surface area (Å²) in [4.78, 5) is 17.9. The molecule has 30 heavy (non-hydrogen) atoms. The summed E-state index contributed by atoms with van der Waals surface area (Å²) in [7, 11) is 0. The van der Waals surface area contributed by atoms with Gasteiger partial charge in [-0.15, -0.1) is 0 Å². The normalized spacial score (nSPS) is 19.3. The fraction of sp³-hybridized carbons (Fsp3) is 0.583. The zero-order valence-electron chi connectivity index (χ0n) is 17.9. The number of benzene rings is 1. The second-order valence-corrected chi connectivity index (χ2v) is 8.75. The predicted octanol–water partition coefficient (Wildman–Crippen LogP) is 4.41. The highest BCUT2D eigenvalue weighted by molar-refractivity contribution is 6.00.